The maximum Gasteiger partial charge on any atom is 0.227 e. The number of amides is 1. The molecule has 5 unspecified atom stereocenters. The van der Waals surface area contributed by atoms with E-state index >= 15 is 0 Å². The second-order valence-electron chi connectivity index (χ2n) is 15.4. The lowest BCUT2D eigenvalue weighted by molar-refractivity contribution is -0.141. The molecule has 3 aromatic rings. The van der Waals surface area contributed by atoms with Crippen molar-refractivity contribution in [2.24, 2.45) is 5.41 Å². The van der Waals surface area contributed by atoms with Crippen molar-refractivity contribution in [1.29, 1.82) is 0 Å². The van der Waals surface area contributed by atoms with Crippen LogP contribution in [0.5, 0.6) is 11.5 Å². The summed E-state index contributed by atoms with van der Waals surface area (Å²) in [4.78, 5) is 30.4. The number of nitrogens with zero attached hydrogens (tertiary/aromatic N) is 1. The van der Waals surface area contributed by atoms with Crippen LogP contribution < -0.4 is 9.47 Å². The van der Waals surface area contributed by atoms with Crippen molar-refractivity contribution in [1.82, 2.24) is 4.90 Å². The molecule has 2 bridgehead atoms. The van der Waals surface area contributed by atoms with Crippen LogP contribution >= 0.6 is 0 Å². The summed E-state index contributed by atoms with van der Waals surface area (Å²) in [5.41, 5.74) is 3.20. The summed E-state index contributed by atoms with van der Waals surface area (Å²) < 4.78 is 17.0. The average molecular weight is 710 g/mol. The van der Waals surface area contributed by atoms with Gasteiger partial charge in [0.15, 0.2) is 17.3 Å². The van der Waals surface area contributed by atoms with Gasteiger partial charge < -0.3 is 29.3 Å². The van der Waals surface area contributed by atoms with E-state index in [2.05, 4.69) is 26.0 Å². The normalized spacial score (nSPS) is 26.3. The molecule has 1 saturated carbocycles. The van der Waals surface area contributed by atoms with Crippen molar-refractivity contribution < 1.29 is 34.0 Å². The zero-order valence-corrected chi connectivity index (χ0v) is 31.2. The quantitative estimate of drug-likeness (QED) is 0.169. The largest absolute Gasteiger partial charge is 0.493 e. The van der Waals surface area contributed by atoms with E-state index in [1.165, 1.54) is 5.57 Å². The first kappa shape index (κ1) is 37.8. The molecule has 0 aromatic heterocycles. The number of carbonyl (C=O) groups is 2. The minimum Gasteiger partial charge on any atom is -0.493 e. The van der Waals surface area contributed by atoms with Crippen LogP contribution in [-0.2, 0) is 22.4 Å². The fourth-order valence-electron chi connectivity index (χ4n) is 8.82. The van der Waals surface area contributed by atoms with E-state index in [1.54, 1.807) is 14.2 Å². The highest BCUT2D eigenvalue weighted by molar-refractivity contribution is 6.10. The van der Waals surface area contributed by atoms with Gasteiger partial charge in [0.05, 0.1) is 45.0 Å². The standard InChI is InChI=1S/C44H55NO7/c1-30-10-8-21-43(2)38(36-18-15-31(24-34(46)17-14-30)25-37(36)42(48)33-11-6-5-7-12-33)20-22-44(43,49)29-45(28-35-13-9-23-52-35)41(47)27-32-16-19-39(50-3)40(26-32)51-4/h5-7,10-12,15-16,18-19,25-26,34-35,38,46,49H,8-9,13-14,17,20-24,27-29H2,1-4H3. The maximum atomic E-state index is 14.3. The lowest BCUT2D eigenvalue weighted by Crippen LogP contribution is -2.55. The Labute approximate surface area is 308 Å². The minimum absolute atomic E-state index is 0.0577. The summed E-state index contributed by atoms with van der Waals surface area (Å²) in [5.74, 6) is 0.885. The molecule has 4 aliphatic rings. The number of methoxy groups -OCH3 is 2. The highest BCUT2D eigenvalue weighted by Gasteiger charge is 2.57. The average Bonchev–Trinajstić information content (AvgIpc) is 3.75. The van der Waals surface area contributed by atoms with Crippen LogP contribution in [0.25, 0.3) is 0 Å². The third-order valence-corrected chi connectivity index (χ3v) is 12.0. The summed E-state index contributed by atoms with van der Waals surface area (Å²) >= 11 is 0. The topological polar surface area (TPSA) is 106 Å². The highest BCUT2D eigenvalue weighted by atomic mass is 16.5. The van der Waals surface area contributed by atoms with Gasteiger partial charge in [-0.1, -0.05) is 67.1 Å². The van der Waals surface area contributed by atoms with E-state index in [0.717, 1.165) is 42.4 Å². The van der Waals surface area contributed by atoms with Gasteiger partial charge in [0.25, 0.3) is 0 Å². The number of allylic oxidation sites excluding steroid dienone is 2. The molecule has 1 saturated heterocycles. The maximum absolute atomic E-state index is 14.3. The summed E-state index contributed by atoms with van der Waals surface area (Å²) in [6, 6.07) is 20.9. The second-order valence-corrected chi connectivity index (χ2v) is 15.4. The predicted octanol–water partition coefficient (Wildman–Crippen LogP) is 7.22. The first-order valence-electron chi connectivity index (χ1n) is 18.9. The molecule has 5 atom stereocenters. The Bertz CT molecular complexity index is 1750. The molecule has 1 heterocycles. The van der Waals surface area contributed by atoms with E-state index in [1.807, 2.05) is 65.6 Å². The van der Waals surface area contributed by atoms with Gasteiger partial charge in [-0.05, 0) is 106 Å². The van der Waals surface area contributed by atoms with Crippen molar-refractivity contribution in [2.75, 3.05) is 33.9 Å². The minimum atomic E-state index is -1.23. The SMILES string of the molecule is COc1ccc(CC(=O)N(CC2CCCO2)CC2(O)CCC3c4ccc(cc4C(=O)c4ccccc4)CC(O)CCC(C)=CCCC32C)cc1OC. The third-order valence-electron chi connectivity index (χ3n) is 12.0. The smallest absolute Gasteiger partial charge is 0.227 e. The Balaban J connectivity index is 1.38. The number of ketones is 1. The van der Waals surface area contributed by atoms with Crippen LogP contribution in [0.1, 0.15) is 104 Å². The van der Waals surface area contributed by atoms with Gasteiger partial charge in [-0.25, -0.2) is 0 Å². The number of aliphatic hydroxyl groups excluding tert-OH is 1. The fourth-order valence-corrected chi connectivity index (χ4v) is 8.82. The van der Waals surface area contributed by atoms with Gasteiger partial charge in [0.1, 0.15) is 0 Å². The molecule has 278 valence electrons. The van der Waals surface area contributed by atoms with Crippen LogP contribution in [0.4, 0.5) is 0 Å². The number of rotatable bonds is 10. The lowest BCUT2D eigenvalue weighted by atomic mass is 9.64. The number of benzene rings is 3. The first-order valence-corrected chi connectivity index (χ1v) is 18.9. The molecule has 3 aromatic carbocycles. The molecule has 8 heteroatoms. The van der Waals surface area contributed by atoms with Gasteiger partial charge >= 0.3 is 0 Å². The summed E-state index contributed by atoms with van der Waals surface area (Å²) in [5, 5.41) is 24.0. The van der Waals surface area contributed by atoms with Crippen molar-refractivity contribution in [3.8, 4) is 11.5 Å². The van der Waals surface area contributed by atoms with E-state index in [9.17, 15) is 19.8 Å². The van der Waals surface area contributed by atoms with Gasteiger partial charge in [-0.15, -0.1) is 0 Å². The van der Waals surface area contributed by atoms with Gasteiger partial charge in [0.2, 0.25) is 5.91 Å². The summed E-state index contributed by atoms with van der Waals surface area (Å²) in [6.45, 7) is 5.52. The third kappa shape index (κ3) is 8.14. The van der Waals surface area contributed by atoms with Crippen LogP contribution in [0.2, 0.25) is 0 Å². The molecule has 0 spiro atoms. The molecule has 1 amide bonds. The first-order chi connectivity index (χ1) is 25.0. The van der Waals surface area contributed by atoms with Crippen molar-refractivity contribution in [2.45, 2.75) is 102 Å². The van der Waals surface area contributed by atoms with Crippen molar-refractivity contribution in [3.63, 3.8) is 0 Å². The van der Waals surface area contributed by atoms with E-state index in [4.69, 9.17) is 14.2 Å². The molecule has 2 fully saturated rings. The molecule has 0 radical (unpaired) electrons. The van der Waals surface area contributed by atoms with Crippen molar-refractivity contribution in [3.05, 3.63) is 106 Å². The molecule has 2 N–H and O–H groups in total. The number of carbonyl (C=O) groups excluding carboxylic acids is 2. The van der Waals surface area contributed by atoms with E-state index < -0.39 is 17.1 Å². The highest BCUT2D eigenvalue weighted by Crippen LogP contribution is 2.59. The Morgan fingerprint density at radius 2 is 1.75 bits per heavy atom. The van der Waals surface area contributed by atoms with Crippen molar-refractivity contribution >= 4 is 11.7 Å². The number of aliphatic hydroxyl groups is 2. The molecule has 52 heavy (non-hydrogen) atoms. The van der Waals surface area contributed by atoms with Gasteiger partial charge in [-0.2, -0.15) is 0 Å². The Kier molecular flexibility index (Phi) is 11.9. The van der Waals surface area contributed by atoms with Gasteiger partial charge in [-0.3, -0.25) is 9.59 Å². The number of hydrogen-bond acceptors (Lipinski definition) is 7. The van der Waals surface area contributed by atoms with E-state index in [0.29, 0.717) is 67.9 Å². The Morgan fingerprint density at radius 1 is 0.962 bits per heavy atom. The number of hydrogen-bond donors (Lipinski definition) is 2. The fraction of sp³-hybridized carbons (Fsp3) is 0.500. The van der Waals surface area contributed by atoms with Crippen LogP contribution in [0.15, 0.2) is 78.4 Å². The molecular formula is C44H55NO7. The lowest BCUT2D eigenvalue weighted by Gasteiger charge is -2.46. The van der Waals surface area contributed by atoms with Gasteiger partial charge in [0, 0.05) is 29.7 Å². The zero-order valence-electron chi connectivity index (χ0n) is 31.2. The summed E-state index contributed by atoms with van der Waals surface area (Å²) in [6.07, 6.45) is 8.06. The number of ether oxygens (including phenoxy) is 3. The monoisotopic (exact) mass is 709 g/mol. The Hall–Kier alpha value is -3.98. The molecular weight excluding hydrogens is 654 g/mol. The zero-order chi connectivity index (χ0) is 36.9. The molecule has 7 rings (SSSR count). The predicted molar refractivity (Wildman–Crippen MR) is 202 cm³/mol. The molecule has 8 nitrogen and oxygen atoms in total. The summed E-state index contributed by atoms with van der Waals surface area (Å²) in [7, 11) is 3.17. The second kappa shape index (κ2) is 16.4. The van der Waals surface area contributed by atoms with E-state index in [-0.39, 0.29) is 36.7 Å². The molecule has 1 aliphatic heterocycles. The van der Waals surface area contributed by atoms with Crippen LogP contribution in [0, 0.1) is 5.41 Å². The number of fused-ring (bicyclic) bond motifs is 8. The Morgan fingerprint density at radius 3 is 2.48 bits per heavy atom. The van der Waals surface area contributed by atoms with Crippen LogP contribution in [0.3, 0.4) is 0 Å². The van der Waals surface area contributed by atoms with Crippen LogP contribution in [-0.4, -0.2) is 78.5 Å². The molecule has 3 aliphatic carbocycles.